The van der Waals surface area contributed by atoms with E-state index in [0.29, 0.717) is 0 Å². The highest BCUT2D eigenvalue weighted by atomic mass is 16.5. The molecule has 0 aliphatic rings. The molecule has 4 nitrogen and oxygen atoms in total. The van der Waals surface area contributed by atoms with Gasteiger partial charge in [0.2, 0.25) is 0 Å². The summed E-state index contributed by atoms with van der Waals surface area (Å²) in [7, 11) is 0. The number of aromatic amines is 1. The van der Waals surface area contributed by atoms with Gasteiger partial charge < -0.3 is 15.5 Å². The molecule has 108 valence electrons. The molecular formula is C16H23N3O. The van der Waals surface area contributed by atoms with Crippen LogP contribution >= 0.6 is 0 Å². The summed E-state index contributed by atoms with van der Waals surface area (Å²) >= 11 is 0. The van der Waals surface area contributed by atoms with Gasteiger partial charge in [0, 0.05) is 6.42 Å². The molecule has 0 saturated heterocycles. The Hall–Kier alpha value is -1.81. The Morgan fingerprint density at radius 2 is 2.00 bits per heavy atom. The van der Waals surface area contributed by atoms with E-state index in [0.717, 1.165) is 61.7 Å². The van der Waals surface area contributed by atoms with Crippen molar-refractivity contribution in [3.63, 3.8) is 0 Å². The van der Waals surface area contributed by atoms with Gasteiger partial charge >= 0.3 is 0 Å². The Bertz CT molecular complexity index is 505. The molecule has 3 N–H and O–H groups in total. The van der Waals surface area contributed by atoms with Crippen molar-refractivity contribution in [3.8, 4) is 17.0 Å². The summed E-state index contributed by atoms with van der Waals surface area (Å²) in [5, 5.41) is 0. The third kappa shape index (κ3) is 4.10. The van der Waals surface area contributed by atoms with Crippen LogP contribution in [0.5, 0.6) is 5.75 Å². The number of H-pyrrole nitrogens is 1. The van der Waals surface area contributed by atoms with Crippen LogP contribution in [-0.2, 0) is 6.42 Å². The number of aryl methyl sites for hydroxylation is 1. The molecule has 1 aromatic heterocycles. The lowest BCUT2D eigenvalue weighted by Crippen LogP contribution is -1.99. The number of ether oxygens (including phenoxy) is 1. The molecule has 0 saturated carbocycles. The predicted octanol–water partition coefficient (Wildman–Crippen LogP) is 3.15. The number of hydrogen-bond acceptors (Lipinski definition) is 3. The molecular weight excluding hydrogens is 250 g/mol. The van der Waals surface area contributed by atoms with Gasteiger partial charge in [0.25, 0.3) is 0 Å². The Morgan fingerprint density at radius 3 is 2.70 bits per heavy atom. The maximum Gasteiger partial charge on any atom is 0.119 e. The lowest BCUT2D eigenvalue weighted by molar-refractivity contribution is 0.317. The van der Waals surface area contributed by atoms with Gasteiger partial charge in [-0.3, -0.25) is 0 Å². The maximum atomic E-state index is 5.58. The predicted molar refractivity (Wildman–Crippen MR) is 81.8 cm³/mol. The van der Waals surface area contributed by atoms with Crippen molar-refractivity contribution >= 4 is 0 Å². The number of aromatic nitrogens is 2. The first-order valence-electron chi connectivity index (χ1n) is 7.30. The molecule has 0 atom stereocenters. The van der Waals surface area contributed by atoms with Gasteiger partial charge in [-0.25, -0.2) is 4.98 Å². The highest BCUT2D eigenvalue weighted by Crippen LogP contribution is 2.21. The normalized spacial score (nSPS) is 10.7. The molecule has 0 aliphatic carbocycles. The molecule has 0 fully saturated rings. The Morgan fingerprint density at radius 1 is 1.20 bits per heavy atom. The Labute approximate surface area is 120 Å². The quantitative estimate of drug-likeness (QED) is 0.726. The smallest absolute Gasteiger partial charge is 0.119 e. The average Bonchev–Trinajstić information content (AvgIpc) is 2.95. The molecule has 2 rings (SSSR count). The monoisotopic (exact) mass is 273 g/mol. The van der Waals surface area contributed by atoms with Gasteiger partial charge in [-0.1, -0.05) is 6.92 Å². The van der Waals surface area contributed by atoms with E-state index in [-0.39, 0.29) is 0 Å². The van der Waals surface area contributed by atoms with E-state index in [1.807, 2.05) is 18.3 Å². The molecule has 4 heteroatoms. The number of benzene rings is 1. The van der Waals surface area contributed by atoms with Crippen LogP contribution in [0.1, 0.15) is 32.0 Å². The molecule has 0 radical (unpaired) electrons. The van der Waals surface area contributed by atoms with Crippen LogP contribution in [0.15, 0.2) is 30.5 Å². The standard InChI is InChI=1S/C16H23N3O/c1-2-11-20-14-8-6-13(7-9-14)15-12-18-16(19-15)5-3-4-10-17/h6-9,12H,2-5,10-11,17H2,1H3,(H,18,19). The van der Waals surface area contributed by atoms with E-state index in [2.05, 4.69) is 29.0 Å². The van der Waals surface area contributed by atoms with Gasteiger partial charge in [-0.15, -0.1) is 0 Å². The van der Waals surface area contributed by atoms with Crippen molar-refractivity contribution < 1.29 is 4.74 Å². The zero-order valence-corrected chi connectivity index (χ0v) is 12.1. The number of nitrogens with one attached hydrogen (secondary N) is 1. The second-order valence-electron chi connectivity index (χ2n) is 4.86. The molecule has 0 bridgehead atoms. The fraction of sp³-hybridized carbons (Fsp3) is 0.438. The number of unbranched alkanes of at least 4 members (excludes halogenated alkanes) is 1. The third-order valence-corrected chi connectivity index (χ3v) is 3.13. The summed E-state index contributed by atoms with van der Waals surface area (Å²) in [5.41, 5.74) is 7.68. The largest absolute Gasteiger partial charge is 0.494 e. The fourth-order valence-electron chi connectivity index (χ4n) is 2.02. The van der Waals surface area contributed by atoms with E-state index in [1.165, 1.54) is 0 Å². The van der Waals surface area contributed by atoms with Crippen LogP contribution in [-0.4, -0.2) is 23.1 Å². The lowest BCUT2D eigenvalue weighted by atomic mass is 10.1. The van der Waals surface area contributed by atoms with Crippen LogP contribution in [0, 0.1) is 0 Å². The van der Waals surface area contributed by atoms with Crippen molar-refractivity contribution in [2.45, 2.75) is 32.6 Å². The summed E-state index contributed by atoms with van der Waals surface area (Å²) in [6.07, 6.45) is 5.98. The number of rotatable bonds is 8. The SMILES string of the molecule is CCCOc1ccc(-c2cnc(CCCCN)[nH]2)cc1. The van der Waals surface area contributed by atoms with Crippen molar-refractivity contribution in [1.29, 1.82) is 0 Å². The zero-order chi connectivity index (χ0) is 14.2. The lowest BCUT2D eigenvalue weighted by Gasteiger charge is -2.04. The first-order chi connectivity index (χ1) is 9.83. The van der Waals surface area contributed by atoms with Gasteiger partial charge in [0.15, 0.2) is 0 Å². The molecule has 1 heterocycles. The third-order valence-electron chi connectivity index (χ3n) is 3.13. The molecule has 20 heavy (non-hydrogen) atoms. The Kier molecular flexibility index (Phi) is 5.62. The summed E-state index contributed by atoms with van der Waals surface area (Å²) in [6.45, 7) is 3.60. The summed E-state index contributed by atoms with van der Waals surface area (Å²) in [5.74, 6) is 1.94. The van der Waals surface area contributed by atoms with Gasteiger partial charge in [-0.05, 0) is 55.6 Å². The number of nitrogens with two attached hydrogens (primary N) is 1. The van der Waals surface area contributed by atoms with E-state index >= 15 is 0 Å². The van der Waals surface area contributed by atoms with Crippen molar-refractivity contribution in [3.05, 3.63) is 36.3 Å². The zero-order valence-electron chi connectivity index (χ0n) is 12.1. The van der Waals surface area contributed by atoms with Gasteiger partial charge in [0.1, 0.15) is 11.6 Å². The van der Waals surface area contributed by atoms with Gasteiger partial charge in [0.05, 0.1) is 18.5 Å². The van der Waals surface area contributed by atoms with Crippen LogP contribution in [0.2, 0.25) is 0 Å². The minimum Gasteiger partial charge on any atom is -0.494 e. The fourth-order valence-corrected chi connectivity index (χ4v) is 2.02. The molecule has 0 aliphatic heterocycles. The minimum absolute atomic E-state index is 0.743. The first-order valence-corrected chi connectivity index (χ1v) is 7.30. The topological polar surface area (TPSA) is 63.9 Å². The van der Waals surface area contributed by atoms with Crippen LogP contribution in [0.25, 0.3) is 11.3 Å². The molecule has 0 unspecified atom stereocenters. The minimum atomic E-state index is 0.743. The second-order valence-corrected chi connectivity index (χ2v) is 4.86. The molecule has 0 amide bonds. The second kappa shape index (κ2) is 7.70. The number of hydrogen-bond donors (Lipinski definition) is 2. The molecule has 2 aromatic rings. The number of nitrogens with zero attached hydrogens (tertiary/aromatic N) is 1. The Balaban J connectivity index is 1.97. The number of imidazole rings is 1. The van der Waals surface area contributed by atoms with Crippen molar-refractivity contribution in [1.82, 2.24) is 9.97 Å². The van der Waals surface area contributed by atoms with E-state index in [4.69, 9.17) is 10.5 Å². The van der Waals surface area contributed by atoms with Crippen LogP contribution < -0.4 is 10.5 Å². The van der Waals surface area contributed by atoms with E-state index < -0.39 is 0 Å². The maximum absolute atomic E-state index is 5.58. The first kappa shape index (κ1) is 14.6. The van der Waals surface area contributed by atoms with Gasteiger partial charge in [-0.2, -0.15) is 0 Å². The summed E-state index contributed by atoms with van der Waals surface area (Å²) in [4.78, 5) is 7.77. The highest BCUT2D eigenvalue weighted by molar-refractivity contribution is 5.59. The van der Waals surface area contributed by atoms with Crippen molar-refractivity contribution in [2.24, 2.45) is 5.73 Å². The highest BCUT2D eigenvalue weighted by Gasteiger charge is 2.03. The van der Waals surface area contributed by atoms with Crippen LogP contribution in [0.4, 0.5) is 0 Å². The van der Waals surface area contributed by atoms with E-state index in [9.17, 15) is 0 Å². The van der Waals surface area contributed by atoms with Crippen molar-refractivity contribution in [2.75, 3.05) is 13.2 Å². The summed E-state index contributed by atoms with van der Waals surface area (Å²) < 4.78 is 5.58. The average molecular weight is 273 g/mol. The molecule has 1 aromatic carbocycles. The van der Waals surface area contributed by atoms with Crippen LogP contribution in [0.3, 0.4) is 0 Å². The molecule has 0 spiro atoms. The summed E-state index contributed by atoms with van der Waals surface area (Å²) in [6, 6.07) is 8.12. The van der Waals surface area contributed by atoms with E-state index in [1.54, 1.807) is 0 Å².